The fraction of sp³-hybridized carbons (Fsp3) is 0.933. The molecule has 0 aromatic carbocycles. The van der Waals surface area contributed by atoms with Crippen molar-refractivity contribution >= 4 is 5.78 Å². The minimum atomic E-state index is -2.53. The molecule has 1 heterocycles. The standard InChI is InChI=1S/C15H23F2NO/c16-15(17)6-5-10(9-15)7-14(19)13-8-11-3-1-2-4-12(11)18-13/h10-13,18H,1-9H2. The maximum absolute atomic E-state index is 13.1. The number of rotatable bonds is 3. The zero-order valence-corrected chi connectivity index (χ0v) is 11.3. The predicted octanol–water partition coefficient (Wildman–Crippen LogP) is 3.30. The van der Waals surface area contributed by atoms with Crippen LogP contribution in [0.2, 0.25) is 0 Å². The van der Waals surface area contributed by atoms with E-state index < -0.39 is 5.92 Å². The first kappa shape index (κ1) is 13.5. The van der Waals surface area contributed by atoms with E-state index in [-0.39, 0.29) is 30.6 Å². The molecular formula is C15H23F2NO. The van der Waals surface area contributed by atoms with Crippen molar-refractivity contribution in [2.45, 2.75) is 75.8 Å². The fourth-order valence-electron chi connectivity index (χ4n) is 4.21. The van der Waals surface area contributed by atoms with Crippen LogP contribution < -0.4 is 5.32 Å². The van der Waals surface area contributed by atoms with E-state index in [0.29, 0.717) is 24.8 Å². The minimum Gasteiger partial charge on any atom is -0.304 e. The van der Waals surface area contributed by atoms with Crippen LogP contribution in [-0.4, -0.2) is 23.8 Å². The number of halogens is 2. The van der Waals surface area contributed by atoms with E-state index in [9.17, 15) is 13.6 Å². The van der Waals surface area contributed by atoms with Crippen LogP contribution in [0.15, 0.2) is 0 Å². The second kappa shape index (κ2) is 5.12. The Morgan fingerprint density at radius 2 is 2.00 bits per heavy atom. The Morgan fingerprint density at radius 1 is 1.21 bits per heavy atom. The van der Waals surface area contributed by atoms with Crippen LogP contribution >= 0.6 is 0 Å². The van der Waals surface area contributed by atoms with Crippen LogP contribution in [0.5, 0.6) is 0 Å². The van der Waals surface area contributed by atoms with Gasteiger partial charge in [-0.05, 0) is 37.5 Å². The van der Waals surface area contributed by atoms with Crippen LogP contribution in [0.4, 0.5) is 8.78 Å². The lowest BCUT2D eigenvalue weighted by molar-refractivity contribution is -0.121. The van der Waals surface area contributed by atoms with Gasteiger partial charge in [-0.25, -0.2) is 8.78 Å². The number of carbonyl (C=O) groups excluding carboxylic acids is 1. The highest BCUT2D eigenvalue weighted by Gasteiger charge is 2.42. The minimum absolute atomic E-state index is 0.0334. The van der Waals surface area contributed by atoms with Crippen LogP contribution in [-0.2, 0) is 4.79 Å². The molecule has 0 radical (unpaired) electrons. The first-order valence-corrected chi connectivity index (χ1v) is 7.70. The molecule has 0 aromatic rings. The molecule has 2 aliphatic carbocycles. The van der Waals surface area contributed by atoms with Crippen molar-refractivity contribution in [1.29, 1.82) is 0 Å². The highest BCUT2D eigenvalue weighted by atomic mass is 19.3. The largest absolute Gasteiger partial charge is 0.304 e. The summed E-state index contributed by atoms with van der Waals surface area (Å²) in [6.45, 7) is 0. The Hall–Kier alpha value is -0.510. The molecule has 0 bridgehead atoms. The van der Waals surface area contributed by atoms with Gasteiger partial charge in [-0.1, -0.05) is 12.8 Å². The van der Waals surface area contributed by atoms with Gasteiger partial charge in [-0.15, -0.1) is 0 Å². The number of hydrogen-bond acceptors (Lipinski definition) is 2. The van der Waals surface area contributed by atoms with E-state index in [1.54, 1.807) is 0 Å². The predicted molar refractivity (Wildman–Crippen MR) is 69.2 cm³/mol. The Kier molecular flexibility index (Phi) is 3.63. The van der Waals surface area contributed by atoms with Crippen molar-refractivity contribution in [2.75, 3.05) is 0 Å². The molecule has 0 spiro atoms. The topological polar surface area (TPSA) is 29.1 Å². The molecule has 3 rings (SSSR count). The molecule has 108 valence electrons. The first-order chi connectivity index (χ1) is 9.03. The summed E-state index contributed by atoms with van der Waals surface area (Å²) in [7, 11) is 0. The molecule has 0 aromatic heterocycles. The summed E-state index contributed by atoms with van der Waals surface area (Å²) in [4.78, 5) is 12.2. The molecule has 4 unspecified atom stereocenters. The zero-order valence-electron chi connectivity index (χ0n) is 11.3. The Morgan fingerprint density at radius 3 is 2.68 bits per heavy atom. The second-order valence-corrected chi connectivity index (χ2v) is 6.74. The van der Waals surface area contributed by atoms with Gasteiger partial charge < -0.3 is 5.32 Å². The van der Waals surface area contributed by atoms with Crippen molar-refractivity contribution in [3.8, 4) is 0 Å². The molecule has 19 heavy (non-hydrogen) atoms. The summed E-state index contributed by atoms with van der Waals surface area (Å²) in [5.41, 5.74) is 0. The Bertz CT molecular complexity index is 344. The van der Waals surface area contributed by atoms with Crippen molar-refractivity contribution in [2.24, 2.45) is 11.8 Å². The van der Waals surface area contributed by atoms with Crippen LogP contribution in [0.1, 0.15) is 57.8 Å². The molecule has 4 atom stereocenters. The second-order valence-electron chi connectivity index (χ2n) is 6.74. The quantitative estimate of drug-likeness (QED) is 0.853. The lowest BCUT2D eigenvalue weighted by Gasteiger charge is -2.24. The zero-order chi connectivity index (χ0) is 13.5. The monoisotopic (exact) mass is 271 g/mol. The third-order valence-corrected chi connectivity index (χ3v) is 5.25. The van der Waals surface area contributed by atoms with E-state index >= 15 is 0 Å². The van der Waals surface area contributed by atoms with E-state index in [4.69, 9.17) is 0 Å². The SMILES string of the molecule is O=C(CC1CCC(F)(F)C1)C1CC2CCCCC2N1. The summed E-state index contributed by atoms with van der Waals surface area (Å²) >= 11 is 0. The van der Waals surface area contributed by atoms with Gasteiger partial charge in [0.1, 0.15) is 5.78 Å². The van der Waals surface area contributed by atoms with Crippen molar-refractivity contribution in [1.82, 2.24) is 5.32 Å². The summed E-state index contributed by atoms with van der Waals surface area (Å²) in [6.07, 6.45) is 6.62. The maximum atomic E-state index is 13.1. The normalized spacial score (nSPS) is 41.2. The highest BCUT2D eigenvalue weighted by molar-refractivity contribution is 5.84. The number of ketones is 1. The van der Waals surface area contributed by atoms with Gasteiger partial charge in [0.05, 0.1) is 6.04 Å². The van der Waals surface area contributed by atoms with Crippen LogP contribution in [0.25, 0.3) is 0 Å². The van der Waals surface area contributed by atoms with E-state index in [1.165, 1.54) is 25.7 Å². The van der Waals surface area contributed by atoms with Crippen molar-refractivity contribution in [3.63, 3.8) is 0 Å². The third kappa shape index (κ3) is 2.99. The molecule has 1 N–H and O–H groups in total. The number of carbonyl (C=O) groups is 1. The summed E-state index contributed by atoms with van der Waals surface area (Å²) in [6, 6.07) is 0.454. The number of fused-ring (bicyclic) bond motifs is 1. The molecule has 2 nitrogen and oxygen atoms in total. The molecule has 0 amide bonds. The summed E-state index contributed by atoms with van der Waals surface area (Å²) in [5, 5.41) is 3.45. The third-order valence-electron chi connectivity index (χ3n) is 5.25. The number of hydrogen-bond donors (Lipinski definition) is 1. The van der Waals surface area contributed by atoms with Gasteiger partial charge in [0.15, 0.2) is 0 Å². The number of nitrogens with one attached hydrogen (secondary N) is 1. The van der Waals surface area contributed by atoms with Gasteiger partial charge in [-0.3, -0.25) is 4.79 Å². The Balaban J connectivity index is 1.51. The molecule has 3 aliphatic rings. The molecule has 1 aliphatic heterocycles. The van der Waals surface area contributed by atoms with Gasteiger partial charge in [-0.2, -0.15) is 0 Å². The van der Waals surface area contributed by atoms with Gasteiger partial charge in [0.2, 0.25) is 5.92 Å². The van der Waals surface area contributed by atoms with Gasteiger partial charge in [0, 0.05) is 25.3 Å². The van der Waals surface area contributed by atoms with E-state index in [1.807, 2.05) is 0 Å². The lowest BCUT2D eigenvalue weighted by atomic mass is 9.84. The summed E-state index contributed by atoms with van der Waals surface area (Å²) < 4.78 is 26.3. The van der Waals surface area contributed by atoms with Gasteiger partial charge in [0.25, 0.3) is 0 Å². The smallest absolute Gasteiger partial charge is 0.248 e. The van der Waals surface area contributed by atoms with Crippen LogP contribution in [0.3, 0.4) is 0 Å². The van der Waals surface area contributed by atoms with Crippen molar-refractivity contribution in [3.05, 3.63) is 0 Å². The van der Waals surface area contributed by atoms with Crippen molar-refractivity contribution < 1.29 is 13.6 Å². The molecule has 4 heteroatoms. The van der Waals surface area contributed by atoms with E-state index in [2.05, 4.69) is 5.32 Å². The molecule has 2 saturated carbocycles. The molecular weight excluding hydrogens is 248 g/mol. The van der Waals surface area contributed by atoms with E-state index in [0.717, 1.165) is 6.42 Å². The maximum Gasteiger partial charge on any atom is 0.248 e. The van der Waals surface area contributed by atoms with Crippen LogP contribution in [0, 0.1) is 11.8 Å². The lowest BCUT2D eigenvalue weighted by Crippen LogP contribution is -2.37. The first-order valence-electron chi connectivity index (χ1n) is 7.70. The molecule has 1 saturated heterocycles. The number of alkyl halides is 2. The molecule has 3 fully saturated rings. The highest BCUT2D eigenvalue weighted by Crippen LogP contribution is 2.41. The summed E-state index contributed by atoms with van der Waals surface area (Å²) in [5.74, 6) is -1.79. The van der Waals surface area contributed by atoms with Gasteiger partial charge >= 0.3 is 0 Å². The fourth-order valence-corrected chi connectivity index (χ4v) is 4.21. The Labute approximate surface area is 113 Å². The average molecular weight is 271 g/mol. The number of Topliss-reactive ketones (excluding diaryl/α,β-unsaturated/α-hetero) is 1. The average Bonchev–Trinajstić information content (AvgIpc) is 2.92.